The Labute approximate surface area is 159 Å². The molecule has 0 amide bonds. The fourth-order valence-electron chi connectivity index (χ4n) is 2.77. The molecule has 1 atom stereocenters. The Morgan fingerprint density at radius 3 is 2.04 bits per heavy atom. The summed E-state index contributed by atoms with van der Waals surface area (Å²) in [5.74, 6) is -1.68. The fraction of sp³-hybridized carbons (Fsp3) is 0.158. The van der Waals surface area contributed by atoms with E-state index in [0.717, 1.165) is 12.1 Å². The molecule has 3 rings (SSSR count). The van der Waals surface area contributed by atoms with Crippen LogP contribution < -0.4 is 0 Å². The lowest BCUT2D eigenvalue weighted by Crippen LogP contribution is -2.02. The van der Waals surface area contributed by atoms with E-state index >= 15 is 0 Å². The van der Waals surface area contributed by atoms with Crippen molar-refractivity contribution in [1.82, 2.24) is 10.2 Å². The van der Waals surface area contributed by atoms with Crippen LogP contribution in [0.3, 0.4) is 0 Å². The van der Waals surface area contributed by atoms with E-state index in [2.05, 4.69) is 10.2 Å². The molecule has 0 saturated heterocycles. The third-order valence-corrected chi connectivity index (χ3v) is 4.55. The molecule has 26 heavy (non-hydrogen) atoms. The van der Waals surface area contributed by atoms with Gasteiger partial charge in [0, 0.05) is 16.1 Å². The fourth-order valence-corrected chi connectivity index (χ4v) is 3.13. The van der Waals surface area contributed by atoms with Gasteiger partial charge >= 0.3 is 0 Å². The van der Waals surface area contributed by atoms with Gasteiger partial charge in [-0.15, -0.1) is 5.10 Å². The zero-order chi connectivity index (χ0) is 19.0. The minimum atomic E-state index is -1.00. The van der Waals surface area contributed by atoms with E-state index in [0.29, 0.717) is 21.8 Å². The van der Waals surface area contributed by atoms with Gasteiger partial charge in [0.25, 0.3) is 0 Å². The number of rotatable bonds is 3. The summed E-state index contributed by atoms with van der Waals surface area (Å²) in [4.78, 5) is 0. The Morgan fingerprint density at radius 1 is 0.923 bits per heavy atom. The highest BCUT2D eigenvalue weighted by Crippen LogP contribution is 2.41. The summed E-state index contributed by atoms with van der Waals surface area (Å²) >= 11 is 12.1. The summed E-state index contributed by atoms with van der Waals surface area (Å²) in [5.41, 5.74) is 1.49. The molecule has 0 spiro atoms. The second-order valence-corrected chi connectivity index (χ2v) is 6.66. The van der Waals surface area contributed by atoms with Crippen LogP contribution in [0.5, 0.6) is 0 Å². The molecule has 2 aromatic carbocycles. The molecule has 1 heterocycles. The number of hydrogen-bond donors (Lipinski definition) is 1. The molecule has 0 saturated carbocycles. The molecule has 0 aliphatic rings. The first kappa shape index (κ1) is 18.7. The smallest absolute Gasteiger partial charge is 0.160 e. The average Bonchev–Trinajstić information content (AvgIpc) is 2.58. The van der Waals surface area contributed by atoms with Crippen molar-refractivity contribution in [3.05, 3.63) is 69.5 Å². The SMILES string of the molecule is Cc1nnc(Cl)c(-c2c(F)cc(C(C)O)cc2F)c1-c1ccc(Cl)cc1. The number of aryl methyl sites for hydroxylation is 1. The topological polar surface area (TPSA) is 46.0 Å². The average molecular weight is 395 g/mol. The molecule has 1 aromatic heterocycles. The van der Waals surface area contributed by atoms with Gasteiger partial charge in [0.05, 0.1) is 17.4 Å². The normalized spacial score (nSPS) is 12.3. The van der Waals surface area contributed by atoms with E-state index in [1.54, 1.807) is 31.2 Å². The van der Waals surface area contributed by atoms with Gasteiger partial charge in [0.1, 0.15) is 11.6 Å². The molecule has 0 radical (unpaired) electrons. The summed E-state index contributed by atoms with van der Waals surface area (Å²) in [6.45, 7) is 3.11. The van der Waals surface area contributed by atoms with Crippen LogP contribution in [-0.4, -0.2) is 15.3 Å². The number of hydrogen-bond acceptors (Lipinski definition) is 3. The van der Waals surface area contributed by atoms with Crippen LogP contribution in [0, 0.1) is 18.6 Å². The van der Waals surface area contributed by atoms with Gasteiger partial charge in [-0.25, -0.2) is 8.78 Å². The van der Waals surface area contributed by atoms with Crippen molar-refractivity contribution in [3.8, 4) is 22.3 Å². The Morgan fingerprint density at radius 2 is 1.50 bits per heavy atom. The molecule has 1 unspecified atom stereocenters. The van der Waals surface area contributed by atoms with E-state index in [1.807, 2.05) is 0 Å². The summed E-state index contributed by atoms with van der Waals surface area (Å²) < 4.78 is 29.5. The third kappa shape index (κ3) is 3.43. The van der Waals surface area contributed by atoms with E-state index in [4.69, 9.17) is 23.2 Å². The molecular formula is C19H14Cl2F2N2O. The van der Waals surface area contributed by atoms with Crippen LogP contribution in [0.15, 0.2) is 36.4 Å². The van der Waals surface area contributed by atoms with Gasteiger partial charge in [-0.2, -0.15) is 5.10 Å². The highest BCUT2D eigenvalue weighted by molar-refractivity contribution is 6.33. The van der Waals surface area contributed by atoms with Gasteiger partial charge in [-0.05, 0) is 49.2 Å². The predicted molar refractivity (Wildman–Crippen MR) is 98.2 cm³/mol. The van der Waals surface area contributed by atoms with Crippen LogP contribution in [0.1, 0.15) is 24.3 Å². The van der Waals surface area contributed by atoms with Crippen molar-refractivity contribution in [2.45, 2.75) is 20.0 Å². The molecular weight excluding hydrogens is 381 g/mol. The monoisotopic (exact) mass is 394 g/mol. The summed E-state index contributed by atoms with van der Waals surface area (Å²) in [5, 5.41) is 17.8. The Hall–Kier alpha value is -2.08. The van der Waals surface area contributed by atoms with E-state index in [1.165, 1.54) is 6.92 Å². The van der Waals surface area contributed by atoms with Gasteiger partial charge in [-0.1, -0.05) is 35.3 Å². The summed E-state index contributed by atoms with van der Waals surface area (Å²) in [7, 11) is 0. The van der Waals surface area contributed by atoms with Crippen LogP contribution in [0.25, 0.3) is 22.3 Å². The quantitative estimate of drug-likeness (QED) is 0.614. The zero-order valence-corrected chi connectivity index (χ0v) is 15.4. The van der Waals surface area contributed by atoms with Crippen molar-refractivity contribution in [2.24, 2.45) is 0 Å². The Kier molecular flexibility index (Phi) is 5.23. The molecule has 1 N–H and O–H groups in total. The maximum Gasteiger partial charge on any atom is 0.160 e. The second kappa shape index (κ2) is 7.27. The highest BCUT2D eigenvalue weighted by atomic mass is 35.5. The largest absolute Gasteiger partial charge is 0.389 e. The molecule has 0 fully saturated rings. The van der Waals surface area contributed by atoms with Crippen LogP contribution >= 0.6 is 23.2 Å². The molecule has 0 bridgehead atoms. The summed E-state index contributed by atoms with van der Waals surface area (Å²) in [6, 6.07) is 8.93. The molecule has 0 aliphatic heterocycles. The molecule has 7 heteroatoms. The Balaban J connectivity index is 2.33. The van der Waals surface area contributed by atoms with E-state index in [-0.39, 0.29) is 21.8 Å². The molecule has 0 aliphatic carbocycles. The molecule has 3 nitrogen and oxygen atoms in total. The number of aromatic nitrogens is 2. The van der Waals surface area contributed by atoms with Gasteiger partial charge < -0.3 is 5.11 Å². The van der Waals surface area contributed by atoms with Gasteiger partial charge in [0.15, 0.2) is 5.15 Å². The van der Waals surface area contributed by atoms with Crippen LogP contribution in [0.4, 0.5) is 8.78 Å². The number of benzene rings is 2. The minimum absolute atomic E-state index is 0.105. The van der Waals surface area contributed by atoms with Crippen LogP contribution in [0.2, 0.25) is 10.2 Å². The zero-order valence-electron chi connectivity index (χ0n) is 13.9. The number of nitrogens with zero attached hydrogens (tertiary/aromatic N) is 2. The van der Waals surface area contributed by atoms with Crippen molar-refractivity contribution in [2.75, 3.05) is 0 Å². The number of aliphatic hydroxyl groups is 1. The first-order valence-corrected chi connectivity index (χ1v) is 8.51. The number of aliphatic hydroxyl groups excluding tert-OH is 1. The van der Waals surface area contributed by atoms with Crippen molar-refractivity contribution in [3.63, 3.8) is 0 Å². The lowest BCUT2D eigenvalue weighted by atomic mass is 9.93. The standard InChI is InChI=1S/C19H14Cl2F2N2O/c1-9-16(11-3-5-13(20)6-4-11)18(19(21)25-24-9)17-14(22)7-12(10(2)26)8-15(17)23/h3-8,10,26H,1-2H3. The lowest BCUT2D eigenvalue weighted by Gasteiger charge is -2.16. The first-order valence-electron chi connectivity index (χ1n) is 7.75. The predicted octanol–water partition coefficient (Wildman–Crippen LogP) is 5.76. The lowest BCUT2D eigenvalue weighted by molar-refractivity contribution is 0.198. The van der Waals surface area contributed by atoms with E-state index < -0.39 is 17.7 Å². The van der Waals surface area contributed by atoms with Crippen LogP contribution in [-0.2, 0) is 0 Å². The maximum absolute atomic E-state index is 14.7. The maximum atomic E-state index is 14.7. The Bertz CT molecular complexity index is 953. The molecule has 3 aromatic rings. The minimum Gasteiger partial charge on any atom is -0.389 e. The first-order chi connectivity index (χ1) is 12.3. The van der Waals surface area contributed by atoms with Gasteiger partial charge in [0.2, 0.25) is 0 Å². The van der Waals surface area contributed by atoms with Crippen molar-refractivity contribution < 1.29 is 13.9 Å². The second-order valence-electron chi connectivity index (χ2n) is 5.87. The van der Waals surface area contributed by atoms with Crippen molar-refractivity contribution in [1.29, 1.82) is 0 Å². The van der Waals surface area contributed by atoms with Crippen molar-refractivity contribution >= 4 is 23.2 Å². The van der Waals surface area contributed by atoms with Gasteiger partial charge in [-0.3, -0.25) is 0 Å². The summed E-state index contributed by atoms with van der Waals surface area (Å²) in [6.07, 6.45) is -1.00. The third-order valence-electron chi connectivity index (χ3n) is 4.04. The number of halogens is 4. The van der Waals surface area contributed by atoms with E-state index in [9.17, 15) is 13.9 Å². The highest BCUT2D eigenvalue weighted by Gasteiger charge is 2.24. The molecule has 134 valence electrons.